The van der Waals surface area contributed by atoms with E-state index in [4.69, 9.17) is 5.73 Å². The van der Waals surface area contributed by atoms with Crippen LogP contribution in [0.15, 0.2) is 0 Å². The van der Waals surface area contributed by atoms with E-state index in [0.29, 0.717) is 19.0 Å². The Labute approximate surface area is 85.5 Å². The molecule has 0 aromatic heterocycles. The molecular weight excluding hydrogens is 200 g/mol. The van der Waals surface area contributed by atoms with Gasteiger partial charge in [-0.25, -0.2) is 8.42 Å². The molecule has 2 rings (SSSR count). The van der Waals surface area contributed by atoms with Crippen molar-refractivity contribution in [1.82, 2.24) is 4.31 Å². The molecule has 1 aliphatic heterocycles. The van der Waals surface area contributed by atoms with Gasteiger partial charge in [0.15, 0.2) is 0 Å². The summed E-state index contributed by atoms with van der Waals surface area (Å²) in [7, 11) is -2.98. The van der Waals surface area contributed by atoms with Gasteiger partial charge in [0.1, 0.15) is 0 Å². The fourth-order valence-corrected chi connectivity index (χ4v) is 3.73. The number of hydrogen-bond acceptors (Lipinski definition) is 3. The number of nitrogens with zero attached hydrogens (tertiary/aromatic N) is 1. The van der Waals surface area contributed by atoms with Crippen molar-refractivity contribution in [2.75, 3.05) is 13.1 Å². The molecule has 0 bridgehead atoms. The molecule has 0 spiro atoms. The highest BCUT2D eigenvalue weighted by molar-refractivity contribution is 7.90. The van der Waals surface area contributed by atoms with Gasteiger partial charge in [-0.05, 0) is 18.8 Å². The molecule has 1 saturated heterocycles. The maximum absolute atomic E-state index is 11.8. The van der Waals surface area contributed by atoms with Crippen LogP contribution in [0.4, 0.5) is 0 Å². The molecule has 5 heteroatoms. The Morgan fingerprint density at radius 2 is 1.86 bits per heavy atom. The van der Waals surface area contributed by atoms with Crippen LogP contribution in [0.5, 0.6) is 0 Å². The molecule has 2 aliphatic rings. The summed E-state index contributed by atoms with van der Waals surface area (Å²) < 4.78 is 25.1. The quantitative estimate of drug-likeness (QED) is 0.733. The van der Waals surface area contributed by atoms with Crippen LogP contribution >= 0.6 is 0 Å². The molecule has 0 aromatic rings. The summed E-state index contributed by atoms with van der Waals surface area (Å²) >= 11 is 0. The summed E-state index contributed by atoms with van der Waals surface area (Å²) in [4.78, 5) is 0. The lowest BCUT2D eigenvalue weighted by Crippen LogP contribution is -2.71. The third-order valence-electron chi connectivity index (χ3n) is 3.40. The van der Waals surface area contributed by atoms with Crippen LogP contribution in [0.2, 0.25) is 0 Å². The molecule has 0 aromatic carbocycles. The van der Waals surface area contributed by atoms with E-state index >= 15 is 0 Å². The van der Waals surface area contributed by atoms with Crippen LogP contribution in [-0.2, 0) is 10.0 Å². The summed E-state index contributed by atoms with van der Waals surface area (Å²) in [6.07, 6.45) is 1.66. The number of nitrogens with two attached hydrogens (primary N) is 1. The van der Waals surface area contributed by atoms with Crippen LogP contribution in [0.3, 0.4) is 0 Å². The third kappa shape index (κ3) is 1.47. The van der Waals surface area contributed by atoms with E-state index in [1.807, 2.05) is 13.8 Å². The van der Waals surface area contributed by atoms with Gasteiger partial charge in [0.25, 0.3) is 0 Å². The molecule has 2 fully saturated rings. The van der Waals surface area contributed by atoms with Crippen LogP contribution in [0.1, 0.15) is 26.7 Å². The largest absolute Gasteiger partial charge is 0.323 e. The number of sulfonamides is 1. The predicted octanol–water partition coefficient (Wildman–Crippen LogP) is 0.148. The van der Waals surface area contributed by atoms with Gasteiger partial charge >= 0.3 is 0 Å². The summed E-state index contributed by atoms with van der Waals surface area (Å²) in [5.41, 5.74) is 5.76. The van der Waals surface area contributed by atoms with Gasteiger partial charge in [-0.15, -0.1) is 0 Å². The van der Waals surface area contributed by atoms with Crippen molar-refractivity contribution < 1.29 is 8.42 Å². The fraction of sp³-hybridized carbons (Fsp3) is 1.00. The van der Waals surface area contributed by atoms with Gasteiger partial charge in [0.2, 0.25) is 10.0 Å². The Morgan fingerprint density at radius 1 is 1.36 bits per heavy atom. The predicted molar refractivity (Wildman–Crippen MR) is 55.3 cm³/mol. The molecule has 0 amide bonds. The summed E-state index contributed by atoms with van der Waals surface area (Å²) in [5.74, 6) is 0.341. The third-order valence-corrected chi connectivity index (χ3v) is 5.69. The molecule has 82 valence electrons. The van der Waals surface area contributed by atoms with Crippen molar-refractivity contribution in [1.29, 1.82) is 0 Å². The first-order valence-electron chi connectivity index (χ1n) is 5.14. The van der Waals surface area contributed by atoms with Gasteiger partial charge in [-0.3, -0.25) is 0 Å². The van der Waals surface area contributed by atoms with Crippen LogP contribution < -0.4 is 5.73 Å². The number of rotatable bonds is 3. The minimum Gasteiger partial charge on any atom is -0.323 e. The minimum atomic E-state index is -2.98. The first-order chi connectivity index (χ1) is 6.36. The van der Waals surface area contributed by atoms with Gasteiger partial charge in [-0.1, -0.05) is 13.8 Å². The first kappa shape index (κ1) is 10.4. The fourth-order valence-electron chi connectivity index (χ4n) is 1.73. The molecule has 4 nitrogen and oxygen atoms in total. The van der Waals surface area contributed by atoms with Gasteiger partial charge in [-0.2, -0.15) is 4.31 Å². The zero-order valence-corrected chi connectivity index (χ0v) is 9.55. The van der Waals surface area contributed by atoms with Crippen molar-refractivity contribution >= 4 is 10.0 Å². The van der Waals surface area contributed by atoms with Gasteiger partial charge < -0.3 is 5.73 Å². The van der Waals surface area contributed by atoms with Crippen LogP contribution in [0.25, 0.3) is 0 Å². The molecule has 1 aliphatic carbocycles. The van der Waals surface area contributed by atoms with E-state index in [-0.39, 0.29) is 10.8 Å². The number of hydrogen-bond donors (Lipinski definition) is 1. The second-order valence-electron chi connectivity index (χ2n) is 4.90. The standard InChI is InChI=1S/C9H18N2O2S/c1-7(2)9(10)5-11(6-9)14(12,13)8-3-4-8/h7-8H,3-6,10H2,1-2H3. The second kappa shape index (κ2) is 2.93. The molecule has 1 heterocycles. The molecule has 0 radical (unpaired) electrons. The highest BCUT2D eigenvalue weighted by Crippen LogP contribution is 2.36. The van der Waals surface area contributed by atoms with Gasteiger partial charge in [0.05, 0.1) is 5.25 Å². The lowest BCUT2D eigenvalue weighted by molar-refractivity contribution is 0.110. The lowest BCUT2D eigenvalue weighted by Gasteiger charge is -2.49. The molecule has 14 heavy (non-hydrogen) atoms. The monoisotopic (exact) mass is 218 g/mol. The first-order valence-corrected chi connectivity index (χ1v) is 6.64. The molecular formula is C9H18N2O2S. The molecule has 0 unspecified atom stereocenters. The van der Waals surface area contributed by atoms with Gasteiger partial charge in [0, 0.05) is 18.6 Å². The average molecular weight is 218 g/mol. The zero-order chi connectivity index (χ0) is 10.6. The summed E-state index contributed by atoms with van der Waals surface area (Å²) in [5, 5.41) is -0.0980. The SMILES string of the molecule is CC(C)C1(N)CN(S(=O)(=O)C2CC2)C1. The molecule has 2 N–H and O–H groups in total. The lowest BCUT2D eigenvalue weighted by atomic mass is 9.82. The van der Waals surface area contributed by atoms with E-state index < -0.39 is 10.0 Å². The van der Waals surface area contributed by atoms with Crippen molar-refractivity contribution in [3.8, 4) is 0 Å². The normalized spacial score (nSPS) is 27.7. The van der Waals surface area contributed by atoms with E-state index in [1.54, 1.807) is 4.31 Å². The average Bonchev–Trinajstić information content (AvgIpc) is 2.79. The second-order valence-corrected chi connectivity index (χ2v) is 7.11. The highest BCUT2D eigenvalue weighted by Gasteiger charge is 2.51. The minimum absolute atomic E-state index is 0.0980. The van der Waals surface area contributed by atoms with Crippen molar-refractivity contribution in [3.63, 3.8) is 0 Å². The van der Waals surface area contributed by atoms with Crippen LogP contribution in [0, 0.1) is 5.92 Å². The topological polar surface area (TPSA) is 63.4 Å². The van der Waals surface area contributed by atoms with E-state index in [9.17, 15) is 8.42 Å². The van der Waals surface area contributed by atoms with Crippen molar-refractivity contribution in [2.24, 2.45) is 11.7 Å². The van der Waals surface area contributed by atoms with Crippen molar-refractivity contribution in [3.05, 3.63) is 0 Å². The Morgan fingerprint density at radius 3 is 2.21 bits per heavy atom. The smallest absolute Gasteiger partial charge is 0.217 e. The van der Waals surface area contributed by atoms with E-state index in [2.05, 4.69) is 0 Å². The zero-order valence-electron chi connectivity index (χ0n) is 8.73. The Hall–Kier alpha value is -0.130. The Balaban J connectivity index is 2.00. The Bertz CT molecular complexity index is 327. The van der Waals surface area contributed by atoms with E-state index in [1.165, 1.54) is 0 Å². The molecule has 1 saturated carbocycles. The Kier molecular flexibility index (Phi) is 2.18. The maximum Gasteiger partial charge on any atom is 0.217 e. The van der Waals surface area contributed by atoms with Crippen LogP contribution in [-0.4, -0.2) is 36.6 Å². The molecule has 0 atom stereocenters. The highest BCUT2D eigenvalue weighted by atomic mass is 32.2. The van der Waals surface area contributed by atoms with Crippen molar-refractivity contribution in [2.45, 2.75) is 37.5 Å². The maximum atomic E-state index is 11.8. The summed E-state index contributed by atoms with van der Waals surface area (Å²) in [6.45, 7) is 5.09. The summed E-state index contributed by atoms with van der Waals surface area (Å²) in [6, 6.07) is 0. The van der Waals surface area contributed by atoms with E-state index in [0.717, 1.165) is 12.8 Å².